The fraction of sp³-hybridized carbons (Fsp3) is 0.273. The van der Waals surface area contributed by atoms with Crippen molar-refractivity contribution in [3.8, 4) is 11.6 Å². The maximum Gasteiger partial charge on any atom is 0.197 e. The first-order valence-electron chi connectivity index (χ1n) is 5.24. The molecule has 0 radical (unpaired) electrons. The molecule has 0 atom stereocenters. The lowest BCUT2D eigenvalue weighted by atomic mass is 10.3. The van der Waals surface area contributed by atoms with Gasteiger partial charge in [0.15, 0.2) is 16.3 Å². The van der Waals surface area contributed by atoms with Crippen LogP contribution in [0.5, 0.6) is 0 Å². The number of hydrogen-bond acceptors (Lipinski definition) is 3. The molecule has 18 heavy (non-hydrogen) atoms. The van der Waals surface area contributed by atoms with Crippen molar-refractivity contribution in [1.29, 1.82) is 0 Å². The quantitative estimate of drug-likeness (QED) is 0.407. The molecule has 3 nitrogen and oxygen atoms in total. The predicted octanol–water partition coefficient (Wildman–Crippen LogP) is 5.40. The van der Waals surface area contributed by atoms with E-state index in [2.05, 4.69) is 64.4 Å². The van der Waals surface area contributed by atoms with Crippen molar-refractivity contribution in [3.63, 3.8) is 0 Å². The molecule has 1 fully saturated rings. The fourth-order valence-electron chi connectivity index (χ4n) is 1.63. The third-order valence-electron chi connectivity index (χ3n) is 2.67. The summed E-state index contributed by atoms with van der Waals surface area (Å²) in [6.45, 7) is 0. The summed E-state index contributed by atoms with van der Waals surface area (Å²) in [5.74, 6) is 1.67. The minimum Gasteiger partial charge on any atom is -0.445 e. The first-order chi connectivity index (χ1) is 8.56. The number of nitrogens with zero attached hydrogens (tertiary/aromatic N) is 2. The molecular formula is C11H6Br2ClIN2O. The highest BCUT2D eigenvalue weighted by atomic mass is 127. The van der Waals surface area contributed by atoms with Gasteiger partial charge in [0.25, 0.3) is 0 Å². The minimum atomic E-state index is 0.492. The van der Waals surface area contributed by atoms with Crippen LogP contribution >= 0.6 is 66.1 Å². The van der Waals surface area contributed by atoms with Crippen LogP contribution < -0.4 is 0 Å². The molecule has 2 heterocycles. The molecule has 1 saturated carbocycles. The van der Waals surface area contributed by atoms with Crippen molar-refractivity contribution in [2.24, 2.45) is 0 Å². The van der Waals surface area contributed by atoms with Crippen LogP contribution in [0.3, 0.4) is 0 Å². The molecule has 0 amide bonds. The lowest BCUT2D eigenvalue weighted by Crippen LogP contribution is -1.98. The number of rotatable bonds is 2. The molecule has 2 aromatic rings. The molecule has 3 rings (SSSR count). The fourth-order valence-corrected chi connectivity index (χ4v) is 3.07. The van der Waals surface area contributed by atoms with E-state index in [1.807, 2.05) is 6.07 Å². The van der Waals surface area contributed by atoms with Gasteiger partial charge in [-0.1, -0.05) is 11.6 Å². The summed E-state index contributed by atoms with van der Waals surface area (Å²) in [6.07, 6.45) is 2.35. The van der Waals surface area contributed by atoms with E-state index in [9.17, 15) is 0 Å². The zero-order chi connectivity index (χ0) is 12.9. The largest absolute Gasteiger partial charge is 0.445 e. The number of aromatic nitrogens is 2. The van der Waals surface area contributed by atoms with Gasteiger partial charge in [0.2, 0.25) is 0 Å². The maximum absolute atomic E-state index is 6.16. The Hall–Kier alpha value is 0.340. The summed E-state index contributed by atoms with van der Waals surface area (Å²) < 4.78 is 7.95. The van der Waals surface area contributed by atoms with E-state index in [1.54, 1.807) is 0 Å². The molecule has 7 heteroatoms. The van der Waals surface area contributed by atoms with E-state index in [-0.39, 0.29) is 0 Å². The Morgan fingerprint density at radius 2 is 2.06 bits per heavy atom. The Kier molecular flexibility index (Phi) is 3.72. The zero-order valence-corrected chi connectivity index (χ0v) is 15.0. The van der Waals surface area contributed by atoms with E-state index in [4.69, 9.17) is 16.0 Å². The molecule has 1 aliphatic carbocycles. The van der Waals surface area contributed by atoms with E-state index in [0.717, 1.165) is 13.7 Å². The lowest BCUT2D eigenvalue weighted by molar-refractivity contribution is 0.549. The van der Waals surface area contributed by atoms with Crippen molar-refractivity contribution >= 4 is 66.1 Å². The SMILES string of the molecule is Clc1nc(-c2cc(Br)c(Br)o2)nc(C2CC2)c1I. The van der Waals surface area contributed by atoms with Crippen molar-refractivity contribution in [2.75, 3.05) is 0 Å². The predicted molar refractivity (Wildman–Crippen MR) is 84.8 cm³/mol. The van der Waals surface area contributed by atoms with Crippen LogP contribution in [0.15, 0.2) is 19.6 Å². The van der Waals surface area contributed by atoms with Crippen LogP contribution in [0.25, 0.3) is 11.6 Å². The average molecular weight is 504 g/mol. The summed E-state index contributed by atoms with van der Waals surface area (Å²) >= 11 is 15.0. The smallest absolute Gasteiger partial charge is 0.197 e. The normalized spacial score (nSPS) is 15.1. The van der Waals surface area contributed by atoms with E-state index in [1.165, 1.54) is 12.8 Å². The first-order valence-corrected chi connectivity index (χ1v) is 8.28. The van der Waals surface area contributed by atoms with Gasteiger partial charge in [-0.05, 0) is 67.3 Å². The average Bonchev–Trinajstić information content (AvgIpc) is 3.10. The zero-order valence-electron chi connectivity index (χ0n) is 8.88. The highest BCUT2D eigenvalue weighted by molar-refractivity contribution is 14.1. The lowest BCUT2D eigenvalue weighted by Gasteiger charge is -2.05. The Balaban J connectivity index is 2.12. The molecule has 0 spiro atoms. The standard InChI is InChI=1S/C11H6Br2ClIN2O/c12-5-3-6(18-9(5)13)11-16-8(4-1-2-4)7(15)10(14)17-11/h3-4H,1-2H2. The number of halogens is 4. The van der Waals surface area contributed by atoms with Crippen molar-refractivity contribution in [2.45, 2.75) is 18.8 Å². The maximum atomic E-state index is 6.16. The highest BCUT2D eigenvalue weighted by Gasteiger charge is 2.29. The monoisotopic (exact) mass is 502 g/mol. The van der Waals surface area contributed by atoms with Gasteiger partial charge in [0.05, 0.1) is 13.7 Å². The van der Waals surface area contributed by atoms with Gasteiger partial charge in [0, 0.05) is 12.0 Å². The Bertz CT molecular complexity index is 608. The molecule has 0 saturated heterocycles. The second-order valence-corrected chi connectivity index (χ2v) is 7.06. The Labute approximate surface area is 139 Å². The van der Waals surface area contributed by atoms with Crippen LogP contribution in [0.4, 0.5) is 0 Å². The summed E-state index contributed by atoms with van der Waals surface area (Å²) in [6, 6.07) is 1.83. The number of furan rings is 1. The molecular weight excluding hydrogens is 498 g/mol. The third kappa shape index (κ3) is 2.48. The van der Waals surface area contributed by atoms with Crippen molar-refractivity contribution in [3.05, 3.63) is 29.6 Å². The minimum absolute atomic E-state index is 0.492. The van der Waals surface area contributed by atoms with Crippen LogP contribution in [0.2, 0.25) is 5.15 Å². The van der Waals surface area contributed by atoms with Gasteiger partial charge < -0.3 is 4.42 Å². The van der Waals surface area contributed by atoms with E-state index in [0.29, 0.717) is 27.3 Å². The van der Waals surface area contributed by atoms with Crippen LogP contribution in [-0.4, -0.2) is 9.97 Å². The molecule has 0 aromatic carbocycles. The molecule has 2 aromatic heterocycles. The first kappa shape index (κ1) is 13.3. The van der Waals surface area contributed by atoms with Gasteiger partial charge in [-0.25, -0.2) is 9.97 Å². The molecule has 0 unspecified atom stereocenters. The summed E-state index contributed by atoms with van der Waals surface area (Å²) in [5.41, 5.74) is 1.04. The molecule has 94 valence electrons. The Morgan fingerprint density at radius 3 is 2.61 bits per heavy atom. The van der Waals surface area contributed by atoms with Crippen LogP contribution in [-0.2, 0) is 0 Å². The topological polar surface area (TPSA) is 38.9 Å². The van der Waals surface area contributed by atoms with Gasteiger partial charge >= 0.3 is 0 Å². The van der Waals surface area contributed by atoms with E-state index >= 15 is 0 Å². The molecule has 1 aliphatic rings. The Morgan fingerprint density at radius 1 is 1.33 bits per heavy atom. The van der Waals surface area contributed by atoms with Crippen LogP contribution in [0, 0.1) is 3.57 Å². The van der Waals surface area contributed by atoms with Gasteiger partial charge in [0.1, 0.15) is 5.15 Å². The van der Waals surface area contributed by atoms with Gasteiger partial charge in [-0.3, -0.25) is 0 Å². The third-order valence-corrected chi connectivity index (χ3v) is 6.03. The summed E-state index contributed by atoms with van der Waals surface area (Å²) in [4.78, 5) is 8.86. The summed E-state index contributed by atoms with van der Waals surface area (Å²) in [7, 11) is 0. The second kappa shape index (κ2) is 5.03. The van der Waals surface area contributed by atoms with Crippen LogP contribution in [0.1, 0.15) is 24.5 Å². The molecule has 0 aliphatic heterocycles. The highest BCUT2D eigenvalue weighted by Crippen LogP contribution is 2.43. The molecule has 0 bridgehead atoms. The number of hydrogen-bond donors (Lipinski definition) is 0. The van der Waals surface area contributed by atoms with E-state index < -0.39 is 0 Å². The summed E-state index contributed by atoms with van der Waals surface area (Å²) in [5, 5.41) is 0.492. The van der Waals surface area contributed by atoms with Gasteiger partial charge in [-0.2, -0.15) is 0 Å². The second-order valence-electron chi connectivity index (χ2n) is 4.04. The molecule has 0 N–H and O–H groups in total. The van der Waals surface area contributed by atoms with Crippen molar-refractivity contribution in [1.82, 2.24) is 9.97 Å². The van der Waals surface area contributed by atoms with Crippen molar-refractivity contribution < 1.29 is 4.42 Å². The van der Waals surface area contributed by atoms with Gasteiger partial charge in [-0.15, -0.1) is 0 Å².